The lowest BCUT2D eigenvalue weighted by atomic mass is 9.95. The third-order valence-corrected chi connectivity index (χ3v) is 2.63. The van der Waals surface area contributed by atoms with Gasteiger partial charge in [0.25, 0.3) is 0 Å². The molecule has 1 aromatic carbocycles. The van der Waals surface area contributed by atoms with Crippen molar-refractivity contribution in [2.24, 2.45) is 5.73 Å². The highest BCUT2D eigenvalue weighted by Crippen LogP contribution is 2.20. The largest absolute Gasteiger partial charge is 0.325 e. The minimum Gasteiger partial charge on any atom is -0.325 e. The van der Waals surface area contributed by atoms with Crippen molar-refractivity contribution in [3.63, 3.8) is 0 Å². The molecule has 2 rings (SSSR count). The Bertz CT molecular complexity index is 467. The molecule has 0 unspecified atom stereocenters. The molecule has 1 heterocycles. The molecule has 0 bridgehead atoms. The van der Waals surface area contributed by atoms with Gasteiger partial charge in [-0.25, -0.2) is 0 Å². The Morgan fingerprint density at radius 1 is 0.941 bits per heavy atom. The Hall–Kier alpha value is -1.67. The standard InChI is InChI=1S/C15H18N2/c1-15(2,16)11-12-3-5-13(6-4-12)14-7-9-17-10-8-14/h3-10H,11,16H2,1-2H3. The van der Waals surface area contributed by atoms with E-state index in [1.807, 2.05) is 38.4 Å². The number of hydrogen-bond donors (Lipinski definition) is 1. The Balaban J connectivity index is 2.19. The van der Waals surface area contributed by atoms with Gasteiger partial charge in [0.15, 0.2) is 0 Å². The van der Waals surface area contributed by atoms with Gasteiger partial charge < -0.3 is 5.73 Å². The van der Waals surface area contributed by atoms with Crippen LogP contribution in [0.25, 0.3) is 11.1 Å². The van der Waals surface area contributed by atoms with Crippen molar-refractivity contribution in [3.05, 3.63) is 54.4 Å². The lowest BCUT2D eigenvalue weighted by molar-refractivity contribution is 0.517. The number of nitrogens with two attached hydrogens (primary N) is 1. The molecule has 0 aliphatic rings. The van der Waals surface area contributed by atoms with E-state index in [0.717, 1.165) is 6.42 Å². The average molecular weight is 226 g/mol. The maximum absolute atomic E-state index is 6.01. The average Bonchev–Trinajstić information content (AvgIpc) is 2.29. The molecule has 17 heavy (non-hydrogen) atoms. The van der Waals surface area contributed by atoms with Crippen LogP contribution >= 0.6 is 0 Å². The van der Waals surface area contributed by atoms with Crippen LogP contribution in [-0.4, -0.2) is 10.5 Å². The fourth-order valence-electron chi connectivity index (χ4n) is 1.89. The molecule has 2 aromatic rings. The van der Waals surface area contributed by atoms with Crippen molar-refractivity contribution < 1.29 is 0 Å². The summed E-state index contributed by atoms with van der Waals surface area (Å²) in [5.74, 6) is 0. The first-order valence-electron chi connectivity index (χ1n) is 5.83. The summed E-state index contributed by atoms with van der Waals surface area (Å²) in [4.78, 5) is 4.02. The van der Waals surface area contributed by atoms with E-state index in [9.17, 15) is 0 Å². The van der Waals surface area contributed by atoms with Gasteiger partial charge in [-0.1, -0.05) is 24.3 Å². The predicted molar refractivity (Wildman–Crippen MR) is 71.6 cm³/mol. The van der Waals surface area contributed by atoms with Gasteiger partial charge >= 0.3 is 0 Å². The van der Waals surface area contributed by atoms with E-state index < -0.39 is 0 Å². The van der Waals surface area contributed by atoms with Gasteiger partial charge in [-0.15, -0.1) is 0 Å². The van der Waals surface area contributed by atoms with Crippen LogP contribution in [0, 0.1) is 0 Å². The van der Waals surface area contributed by atoms with E-state index in [2.05, 4.69) is 29.2 Å². The fourth-order valence-corrected chi connectivity index (χ4v) is 1.89. The Labute approximate surface area is 103 Å². The Kier molecular flexibility index (Phi) is 3.25. The number of benzene rings is 1. The monoisotopic (exact) mass is 226 g/mol. The van der Waals surface area contributed by atoms with Crippen molar-refractivity contribution in [1.82, 2.24) is 4.98 Å². The molecule has 0 saturated heterocycles. The first kappa shape index (κ1) is 11.8. The zero-order valence-corrected chi connectivity index (χ0v) is 10.4. The van der Waals surface area contributed by atoms with Gasteiger partial charge in [-0.2, -0.15) is 0 Å². The quantitative estimate of drug-likeness (QED) is 0.873. The summed E-state index contributed by atoms with van der Waals surface area (Å²) in [6.45, 7) is 4.09. The van der Waals surface area contributed by atoms with Gasteiger partial charge in [0.05, 0.1) is 0 Å². The molecular weight excluding hydrogens is 208 g/mol. The maximum Gasteiger partial charge on any atom is 0.0273 e. The summed E-state index contributed by atoms with van der Waals surface area (Å²) >= 11 is 0. The van der Waals surface area contributed by atoms with Crippen LogP contribution in [0.1, 0.15) is 19.4 Å². The highest BCUT2D eigenvalue weighted by molar-refractivity contribution is 5.62. The highest BCUT2D eigenvalue weighted by atomic mass is 14.7. The SMILES string of the molecule is CC(C)(N)Cc1ccc(-c2ccncc2)cc1. The maximum atomic E-state index is 6.01. The normalized spacial score (nSPS) is 11.5. The summed E-state index contributed by atoms with van der Waals surface area (Å²) in [5.41, 5.74) is 9.53. The highest BCUT2D eigenvalue weighted by Gasteiger charge is 2.11. The summed E-state index contributed by atoms with van der Waals surface area (Å²) in [6.07, 6.45) is 4.52. The number of rotatable bonds is 3. The first-order valence-corrected chi connectivity index (χ1v) is 5.83. The molecule has 2 heteroatoms. The fraction of sp³-hybridized carbons (Fsp3) is 0.267. The molecule has 0 saturated carbocycles. The van der Waals surface area contributed by atoms with Crippen LogP contribution in [0.4, 0.5) is 0 Å². The minimum atomic E-state index is -0.155. The van der Waals surface area contributed by atoms with E-state index in [-0.39, 0.29) is 5.54 Å². The second kappa shape index (κ2) is 4.68. The van der Waals surface area contributed by atoms with Crippen LogP contribution < -0.4 is 5.73 Å². The number of hydrogen-bond acceptors (Lipinski definition) is 2. The molecule has 2 nitrogen and oxygen atoms in total. The predicted octanol–water partition coefficient (Wildman–Crippen LogP) is 3.03. The molecule has 88 valence electrons. The molecule has 1 aromatic heterocycles. The molecule has 2 N–H and O–H groups in total. The van der Waals surface area contributed by atoms with Gasteiger partial charge in [0.2, 0.25) is 0 Å². The zero-order valence-electron chi connectivity index (χ0n) is 10.4. The Morgan fingerprint density at radius 2 is 1.47 bits per heavy atom. The summed E-state index contributed by atoms with van der Waals surface area (Å²) in [7, 11) is 0. The minimum absolute atomic E-state index is 0.155. The molecule has 0 fully saturated rings. The molecule has 0 atom stereocenters. The lowest BCUT2D eigenvalue weighted by Gasteiger charge is -2.18. The molecule has 0 aliphatic heterocycles. The zero-order chi connectivity index (χ0) is 12.3. The van der Waals surface area contributed by atoms with Crippen molar-refractivity contribution in [2.45, 2.75) is 25.8 Å². The van der Waals surface area contributed by atoms with Crippen LogP contribution in [-0.2, 0) is 6.42 Å². The molecule has 0 spiro atoms. The van der Waals surface area contributed by atoms with E-state index >= 15 is 0 Å². The number of nitrogens with zero attached hydrogens (tertiary/aromatic N) is 1. The van der Waals surface area contributed by atoms with E-state index in [1.54, 1.807) is 0 Å². The summed E-state index contributed by atoms with van der Waals surface area (Å²) < 4.78 is 0. The molecule has 0 radical (unpaired) electrons. The molecule has 0 aliphatic carbocycles. The van der Waals surface area contributed by atoms with Gasteiger partial charge in [0, 0.05) is 17.9 Å². The van der Waals surface area contributed by atoms with Gasteiger partial charge in [-0.3, -0.25) is 4.98 Å². The van der Waals surface area contributed by atoms with Crippen LogP contribution in [0.15, 0.2) is 48.8 Å². The van der Waals surface area contributed by atoms with Crippen molar-refractivity contribution in [3.8, 4) is 11.1 Å². The van der Waals surface area contributed by atoms with Crippen LogP contribution in [0.2, 0.25) is 0 Å². The second-order valence-electron chi connectivity index (χ2n) is 5.10. The second-order valence-corrected chi connectivity index (χ2v) is 5.10. The van der Waals surface area contributed by atoms with Crippen LogP contribution in [0.5, 0.6) is 0 Å². The van der Waals surface area contributed by atoms with Gasteiger partial charge in [0.1, 0.15) is 0 Å². The van der Waals surface area contributed by atoms with E-state index in [1.165, 1.54) is 16.7 Å². The smallest absolute Gasteiger partial charge is 0.0273 e. The van der Waals surface area contributed by atoms with E-state index in [4.69, 9.17) is 5.73 Å². The van der Waals surface area contributed by atoms with Crippen molar-refractivity contribution >= 4 is 0 Å². The molecular formula is C15H18N2. The van der Waals surface area contributed by atoms with Crippen molar-refractivity contribution in [2.75, 3.05) is 0 Å². The lowest BCUT2D eigenvalue weighted by Crippen LogP contribution is -2.34. The van der Waals surface area contributed by atoms with Gasteiger partial charge in [-0.05, 0) is 49.1 Å². The third kappa shape index (κ3) is 3.40. The topological polar surface area (TPSA) is 38.9 Å². The summed E-state index contributed by atoms with van der Waals surface area (Å²) in [5, 5.41) is 0. The summed E-state index contributed by atoms with van der Waals surface area (Å²) in [6, 6.07) is 12.6. The Morgan fingerprint density at radius 3 is 2.00 bits per heavy atom. The number of aromatic nitrogens is 1. The first-order chi connectivity index (χ1) is 8.04. The van der Waals surface area contributed by atoms with E-state index in [0.29, 0.717) is 0 Å². The van der Waals surface area contributed by atoms with Crippen molar-refractivity contribution in [1.29, 1.82) is 0 Å². The number of pyridine rings is 1. The third-order valence-electron chi connectivity index (χ3n) is 2.63. The van der Waals surface area contributed by atoms with Crippen LogP contribution in [0.3, 0.4) is 0 Å². The molecule has 0 amide bonds.